The molecule has 0 radical (unpaired) electrons. The lowest BCUT2D eigenvalue weighted by Crippen LogP contribution is -2.43. The average molecular weight is 505 g/mol. The maximum absolute atomic E-state index is 14.3. The van der Waals surface area contributed by atoms with Crippen molar-refractivity contribution in [2.24, 2.45) is 5.92 Å². The average Bonchev–Trinajstić information content (AvgIpc) is 2.98. The number of hydrogen-bond acceptors (Lipinski definition) is 2. The van der Waals surface area contributed by atoms with Crippen LogP contribution >= 0.6 is 0 Å². The van der Waals surface area contributed by atoms with Gasteiger partial charge in [0.2, 0.25) is 5.91 Å². The van der Waals surface area contributed by atoms with Crippen LogP contribution in [0.2, 0.25) is 0 Å². The Morgan fingerprint density at radius 2 is 0.921 bits per heavy atom. The topological polar surface area (TPSA) is 23.6 Å². The fourth-order valence-electron chi connectivity index (χ4n) is 5.31. The molecule has 4 atom stereocenters. The lowest BCUT2D eigenvalue weighted by Gasteiger charge is -2.39. The van der Waals surface area contributed by atoms with Crippen LogP contribution in [-0.4, -0.2) is 22.3 Å². The van der Waals surface area contributed by atoms with E-state index in [-0.39, 0.29) is 30.0 Å². The highest BCUT2D eigenvalue weighted by atomic mass is 16.2. The zero-order valence-electron chi connectivity index (χ0n) is 23.1. The molecule has 3 heteroatoms. The van der Waals surface area contributed by atoms with Gasteiger partial charge in [0.25, 0.3) is 0 Å². The Hall–Kier alpha value is -3.69. The van der Waals surface area contributed by atoms with Crippen molar-refractivity contribution in [3.63, 3.8) is 0 Å². The standard InChI is InChI=1S/C35H40N2O/c1-27(25-36(26-31-17-9-5-10-18-31)28(2)32-19-11-6-12-20-32)35(38)37(29(3)33-21-13-7-14-22-33)30(4)34-23-15-8-16-24-34/h5-24,27-30H,25-26H2,1-4H3/t27-,28-,29+,30+/m0/s1. The van der Waals surface area contributed by atoms with Crippen molar-refractivity contribution in [2.75, 3.05) is 6.54 Å². The first kappa shape index (κ1) is 27.3. The van der Waals surface area contributed by atoms with E-state index in [9.17, 15) is 4.79 Å². The Bertz CT molecular complexity index is 1200. The van der Waals surface area contributed by atoms with Crippen LogP contribution in [0.25, 0.3) is 0 Å². The molecule has 4 aromatic rings. The molecule has 0 aliphatic heterocycles. The third-order valence-electron chi connectivity index (χ3n) is 7.64. The van der Waals surface area contributed by atoms with Crippen LogP contribution in [0.5, 0.6) is 0 Å². The van der Waals surface area contributed by atoms with E-state index in [2.05, 4.69) is 122 Å². The van der Waals surface area contributed by atoms with Crippen molar-refractivity contribution < 1.29 is 4.79 Å². The minimum atomic E-state index is -0.179. The zero-order valence-corrected chi connectivity index (χ0v) is 23.1. The van der Waals surface area contributed by atoms with Gasteiger partial charge in [0.05, 0.1) is 12.1 Å². The van der Waals surface area contributed by atoms with E-state index in [4.69, 9.17) is 0 Å². The van der Waals surface area contributed by atoms with Gasteiger partial charge in [-0.25, -0.2) is 0 Å². The summed E-state index contributed by atoms with van der Waals surface area (Å²) in [6.45, 7) is 10.1. The molecule has 4 aromatic carbocycles. The third kappa shape index (κ3) is 6.79. The summed E-state index contributed by atoms with van der Waals surface area (Å²) in [6.07, 6.45) is 0. The molecule has 0 heterocycles. The lowest BCUT2D eigenvalue weighted by molar-refractivity contribution is -0.140. The van der Waals surface area contributed by atoms with Crippen LogP contribution in [0.4, 0.5) is 0 Å². The largest absolute Gasteiger partial charge is 0.329 e. The van der Waals surface area contributed by atoms with Crippen LogP contribution in [0, 0.1) is 5.92 Å². The highest BCUT2D eigenvalue weighted by Crippen LogP contribution is 2.33. The van der Waals surface area contributed by atoms with Gasteiger partial charge in [-0.15, -0.1) is 0 Å². The van der Waals surface area contributed by atoms with Gasteiger partial charge >= 0.3 is 0 Å². The second-order valence-corrected chi connectivity index (χ2v) is 10.3. The highest BCUT2D eigenvalue weighted by Gasteiger charge is 2.32. The molecule has 0 N–H and O–H groups in total. The van der Waals surface area contributed by atoms with Crippen LogP contribution in [0.3, 0.4) is 0 Å². The SMILES string of the molecule is C[C@H](c1ccccc1)N(C(=O)[C@@H](C)CN(Cc1ccccc1)[C@@H](C)c1ccccc1)[C@H](C)c1ccccc1. The van der Waals surface area contributed by atoms with E-state index < -0.39 is 0 Å². The number of carbonyl (C=O) groups is 1. The van der Waals surface area contributed by atoms with Gasteiger partial charge in [-0.05, 0) is 43.0 Å². The monoisotopic (exact) mass is 504 g/mol. The van der Waals surface area contributed by atoms with E-state index in [1.54, 1.807) is 0 Å². The molecule has 0 saturated heterocycles. The summed E-state index contributed by atoms with van der Waals surface area (Å²) in [5, 5.41) is 0. The fourth-order valence-corrected chi connectivity index (χ4v) is 5.31. The molecule has 0 spiro atoms. The number of benzene rings is 4. The molecular formula is C35H40N2O. The molecule has 38 heavy (non-hydrogen) atoms. The van der Waals surface area contributed by atoms with E-state index >= 15 is 0 Å². The van der Waals surface area contributed by atoms with Crippen molar-refractivity contribution in [1.29, 1.82) is 0 Å². The molecule has 0 aliphatic carbocycles. The summed E-state index contributed by atoms with van der Waals surface area (Å²) in [6, 6.07) is 41.9. The minimum Gasteiger partial charge on any atom is -0.329 e. The summed E-state index contributed by atoms with van der Waals surface area (Å²) in [5.74, 6) is -0.00164. The van der Waals surface area contributed by atoms with Gasteiger partial charge in [-0.2, -0.15) is 0 Å². The van der Waals surface area contributed by atoms with Gasteiger partial charge in [-0.1, -0.05) is 128 Å². The van der Waals surface area contributed by atoms with Crippen LogP contribution in [0.1, 0.15) is 68.1 Å². The second-order valence-electron chi connectivity index (χ2n) is 10.3. The van der Waals surface area contributed by atoms with Crippen molar-refractivity contribution in [3.8, 4) is 0 Å². The van der Waals surface area contributed by atoms with Gasteiger partial charge in [0.1, 0.15) is 0 Å². The number of amides is 1. The smallest absolute Gasteiger partial charge is 0.227 e. The number of nitrogens with zero attached hydrogens (tertiary/aromatic N) is 2. The van der Waals surface area contributed by atoms with Gasteiger partial charge < -0.3 is 4.90 Å². The van der Waals surface area contributed by atoms with Crippen molar-refractivity contribution in [1.82, 2.24) is 9.80 Å². The molecule has 3 nitrogen and oxygen atoms in total. The lowest BCUT2D eigenvalue weighted by atomic mass is 9.97. The Morgan fingerprint density at radius 1 is 0.553 bits per heavy atom. The summed E-state index contributed by atoms with van der Waals surface area (Å²) >= 11 is 0. The van der Waals surface area contributed by atoms with E-state index in [1.807, 2.05) is 36.4 Å². The molecular weight excluding hydrogens is 464 g/mol. The summed E-state index contributed by atoms with van der Waals surface area (Å²) in [5.41, 5.74) is 4.81. The van der Waals surface area contributed by atoms with Crippen molar-refractivity contribution >= 4 is 5.91 Å². The predicted octanol–water partition coefficient (Wildman–Crippen LogP) is 8.24. The van der Waals surface area contributed by atoms with E-state index in [0.29, 0.717) is 6.54 Å². The molecule has 0 unspecified atom stereocenters. The molecule has 4 rings (SSSR count). The van der Waals surface area contributed by atoms with E-state index in [1.165, 1.54) is 11.1 Å². The van der Waals surface area contributed by atoms with Gasteiger partial charge in [-0.3, -0.25) is 9.69 Å². The quantitative estimate of drug-likeness (QED) is 0.205. The maximum atomic E-state index is 14.3. The summed E-state index contributed by atoms with van der Waals surface area (Å²) in [7, 11) is 0. The molecule has 0 saturated carbocycles. The highest BCUT2D eigenvalue weighted by molar-refractivity contribution is 5.79. The number of rotatable bonds is 11. The Kier molecular flexibility index (Phi) is 9.51. The molecule has 0 bridgehead atoms. The first-order valence-corrected chi connectivity index (χ1v) is 13.7. The fraction of sp³-hybridized carbons (Fsp3) is 0.286. The second kappa shape index (κ2) is 13.2. The maximum Gasteiger partial charge on any atom is 0.227 e. The minimum absolute atomic E-state index is 0.0459. The summed E-state index contributed by atoms with van der Waals surface area (Å²) < 4.78 is 0. The molecule has 0 aromatic heterocycles. The Labute approximate surface area is 228 Å². The molecule has 1 amide bonds. The van der Waals surface area contributed by atoms with Gasteiger partial charge in [0.15, 0.2) is 0 Å². The predicted molar refractivity (Wildman–Crippen MR) is 157 cm³/mol. The normalized spacial score (nSPS) is 14.4. The van der Waals surface area contributed by atoms with Crippen LogP contribution in [0.15, 0.2) is 121 Å². The first-order valence-electron chi connectivity index (χ1n) is 13.7. The third-order valence-corrected chi connectivity index (χ3v) is 7.64. The van der Waals surface area contributed by atoms with Crippen LogP contribution < -0.4 is 0 Å². The molecule has 0 aliphatic rings. The van der Waals surface area contributed by atoms with Gasteiger partial charge in [0, 0.05) is 25.0 Å². The van der Waals surface area contributed by atoms with Crippen molar-refractivity contribution in [3.05, 3.63) is 144 Å². The summed E-state index contributed by atoms with van der Waals surface area (Å²) in [4.78, 5) is 18.8. The Morgan fingerprint density at radius 3 is 1.34 bits per heavy atom. The molecule has 0 fully saturated rings. The van der Waals surface area contributed by atoms with Crippen LogP contribution in [-0.2, 0) is 11.3 Å². The first-order chi connectivity index (χ1) is 18.5. The zero-order chi connectivity index (χ0) is 26.9. The number of carbonyl (C=O) groups excluding carboxylic acids is 1. The molecule has 196 valence electrons. The van der Waals surface area contributed by atoms with Crippen molar-refractivity contribution in [2.45, 2.75) is 52.4 Å². The van der Waals surface area contributed by atoms with E-state index in [0.717, 1.165) is 17.7 Å². The number of hydrogen-bond donors (Lipinski definition) is 0. The Balaban J connectivity index is 1.62.